The minimum atomic E-state index is -0.460. The monoisotopic (exact) mass is 408 g/mol. The number of aromatic nitrogens is 1. The molecule has 0 unspecified atom stereocenters. The smallest absolute Gasteiger partial charge is 0.358 e. The number of thiazole rings is 1. The van der Waals surface area contributed by atoms with Crippen molar-refractivity contribution in [3.05, 3.63) is 81.9 Å². The summed E-state index contributed by atoms with van der Waals surface area (Å²) < 4.78 is 5.09. The molecule has 1 aromatic heterocycles. The molecule has 0 saturated carbocycles. The number of aryl methyl sites for hydroxylation is 2. The van der Waals surface area contributed by atoms with Crippen LogP contribution in [0.15, 0.2) is 54.6 Å². The van der Waals surface area contributed by atoms with E-state index in [9.17, 15) is 9.59 Å². The van der Waals surface area contributed by atoms with Crippen LogP contribution in [-0.2, 0) is 11.2 Å². The Labute approximate surface area is 175 Å². The van der Waals surface area contributed by atoms with Crippen LogP contribution in [0.4, 0.5) is 5.13 Å². The van der Waals surface area contributed by atoms with Crippen LogP contribution in [0.1, 0.15) is 43.8 Å². The summed E-state index contributed by atoms with van der Waals surface area (Å²) in [6, 6.07) is 17.5. The zero-order chi connectivity index (χ0) is 20.8. The molecule has 0 fully saturated rings. The van der Waals surface area contributed by atoms with E-state index in [2.05, 4.69) is 4.98 Å². The van der Waals surface area contributed by atoms with Gasteiger partial charge in [0, 0.05) is 17.0 Å². The van der Waals surface area contributed by atoms with E-state index in [1.807, 2.05) is 62.4 Å². The lowest BCUT2D eigenvalue weighted by Gasteiger charge is -2.20. The normalized spacial score (nSPS) is 10.6. The van der Waals surface area contributed by atoms with Crippen molar-refractivity contribution in [2.45, 2.75) is 27.2 Å². The fraction of sp³-hybridized carbons (Fsp3) is 0.261. The van der Waals surface area contributed by atoms with Gasteiger partial charge in [-0.2, -0.15) is 0 Å². The Kier molecular flexibility index (Phi) is 6.77. The highest BCUT2D eigenvalue weighted by atomic mass is 32.1. The molecule has 29 heavy (non-hydrogen) atoms. The molecule has 2 aromatic carbocycles. The van der Waals surface area contributed by atoms with Crippen LogP contribution in [0, 0.1) is 13.8 Å². The number of amides is 1. The molecule has 0 aliphatic heterocycles. The van der Waals surface area contributed by atoms with Crippen molar-refractivity contribution in [2.75, 3.05) is 18.1 Å². The number of benzene rings is 2. The van der Waals surface area contributed by atoms with Crippen molar-refractivity contribution >= 4 is 28.3 Å². The van der Waals surface area contributed by atoms with Gasteiger partial charge in [0.05, 0.1) is 6.61 Å². The summed E-state index contributed by atoms with van der Waals surface area (Å²) in [7, 11) is 0. The molecule has 5 nitrogen and oxygen atoms in total. The van der Waals surface area contributed by atoms with E-state index < -0.39 is 5.97 Å². The lowest BCUT2D eigenvalue weighted by Crippen LogP contribution is -2.33. The lowest BCUT2D eigenvalue weighted by molar-refractivity contribution is 0.0519. The average molecular weight is 409 g/mol. The third-order valence-corrected chi connectivity index (χ3v) is 5.46. The number of anilines is 1. The molecular weight excluding hydrogens is 384 g/mol. The Balaban J connectivity index is 1.93. The zero-order valence-electron chi connectivity index (χ0n) is 16.8. The molecule has 6 heteroatoms. The van der Waals surface area contributed by atoms with E-state index in [0.717, 1.165) is 16.0 Å². The van der Waals surface area contributed by atoms with Gasteiger partial charge in [-0.25, -0.2) is 9.78 Å². The number of ether oxygens (including phenoxy) is 1. The van der Waals surface area contributed by atoms with Crippen LogP contribution in [0.3, 0.4) is 0 Å². The molecule has 150 valence electrons. The Morgan fingerprint density at radius 2 is 1.83 bits per heavy atom. The van der Waals surface area contributed by atoms with Crippen molar-refractivity contribution < 1.29 is 14.3 Å². The molecule has 0 aliphatic carbocycles. The van der Waals surface area contributed by atoms with Crippen molar-refractivity contribution in [3.63, 3.8) is 0 Å². The van der Waals surface area contributed by atoms with Gasteiger partial charge >= 0.3 is 5.97 Å². The second-order valence-electron chi connectivity index (χ2n) is 6.68. The first-order valence-electron chi connectivity index (χ1n) is 9.56. The van der Waals surface area contributed by atoms with E-state index in [0.29, 0.717) is 23.7 Å². The van der Waals surface area contributed by atoms with E-state index in [1.54, 1.807) is 17.9 Å². The van der Waals surface area contributed by atoms with Crippen molar-refractivity contribution in [2.24, 2.45) is 0 Å². The van der Waals surface area contributed by atoms with Crippen LogP contribution in [-0.4, -0.2) is 30.0 Å². The minimum absolute atomic E-state index is 0.131. The number of rotatable bonds is 7. The van der Waals surface area contributed by atoms with Crippen LogP contribution in [0.5, 0.6) is 0 Å². The Morgan fingerprint density at radius 3 is 2.52 bits per heavy atom. The zero-order valence-corrected chi connectivity index (χ0v) is 17.7. The predicted molar refractivity (Wildman–Crippen MR) is 116 cm³/mol. The van der Waals surface area contributed by atoms with Crippen LogP contribution in [0.25, 0.3) is 0 Å². The van der Waals surface area contributed by atoms with Gasteiger partial charge in [0.1, 0.15) is 0 Å². The van der Waals surface area contributed by atoms with Gasteiger partial charge in [0.25, 0.3) is 5.91 Å². The van der Waals surface area contributed by atoms with Gasteiger partial charge in [0.15, 0.2) is 10.8 Å². The van der Waals surface area contributed by atoms with Crippen LogP contribution >= 0.6 is 11.3 Å². The first-order valence-corrected chi connectivity index (χ1v) is 10.4. The summed E-state index contributed by atoms with van der Waals surface area (Å²) in [5.41, 5.74) is 3.02. The molecule has 0 atom stereocenters. The average Bonchev–Trinajstić information content (AvgIpc) is 3.10. The van der Waals surface area contributed by atoms with E-state index in [-0.39, 0.29) is 18.2 Å². The molecule has 0 bridgehead atoms. The topological polar surface area (TPSA) is 59.5 Å². The molecule has 3 rings (SSSR count). The molecule has 0 N–H and O–H groups in total. The number of nitrogens with zero attached hydrogens (tertiary/aromatic N) is 2. The van der Waals surface area contributed by atoms with Crippen LogP contribution in [0.2, 0.25) is 0 Å². The number of esters is 1. The Hall–Kier alpha value is -2.99. The third-order valence-electron chi connectivity index (χ3n) is 4.46. The maximum Gasteiger partial charge on any atom is 0.358 e. The quantitative estimate of drug-likeness (QED) is 0.526. The fourth-order valence-corrected chi connectivity index (χ4v) is 3.91. The molecule has 0 aliphatic rings. The summed E-state index contributed by atoms with van der Waals surface area (Å²) in [6.07, 6.45) is 0.686. The predicted octanol–water partition coefficient (Wildman–Crippen LogP) is 4.83. The summed E-state index contributed by atoms with van der Waals surface area (Å²) >= 11 is 1.33. The largest absolute Gasteiger partial charge is 0.461 e. The molecule has 1 heterocycles. The highest BCUT2D eigenvalue weighted by molar-refractivity contribution is 7.16. The standard InChI is InChI=1S/C23H24N2O3S/c1-4-28-22(27)20-17(3)29-23(24-20)25(14-13-18-10-6-5-7-11-18)21(26)19-12-8-9-16(2)15-19/h5-12,15H,4,13-14H2,1-3H3. The van der Waals surface area contributed by atoms with Gasteiger partial charge < -0.3 is 4.74 Å². The molecule has 3 aromatic rings. The highest BCUT2D eigenvalue weighted by Crippen LogP contribution is 2.28. The lowest BCUT2D eigenvalue weighted by atomic mass is 10.1. The van der Waals surface area contributed by atoms with Gasteiger partial charge in [-0.15, -0.1) is 11.3 Å². The van der Waals surface area contributed by atoms with Gasteiger partial charge in [-0.1, -0.05) is 48.0 Å². The minimum Gasteiger partial charge on any atom is -0.461 e. The number of hydrogen-bond acceptors (Lipinski definition) is 5. The van der Waals surface area contributed by atoms with E-state index in [4.69, 9.17) is 4.74 Å². The molecule has 0 spiro atoms. The molecule has 0 radical (unpaired) electrons. The second kappa shape index (κ2) is 9.47. The van der Waals surface area contributed by atoms with Gasteiger partial charge in [-0.3, -0.25) is 9.69 Å². The second-order valence-corrected chi connectivity index (χ2v) is 7.87. The molecule has 0 saturated heterocycles. The first-order chi connectivity index (χ1) is 14.0. The summed E-state index contributed by atoms with van der Waals surface area (Å²) in [5.74, 6) is -0.590. The SMILES string of the molecule is CCOC(=O)c1nc(N(CCc2ccccc2)C(=O)c2cccc(C)c2)sc1C. The van der Waals surface area contributed by atoms with E-state index in [1.165, 1.54) is 11.3 Å². The van der Waals surface area contributed by atoms with Crippen molar-refractivity contribution in [1.82, 2.24) is 4.98 Å². The summed E-state index contributed by atoms with van der Waals surface area (Å²) in [4.78, 5) is 32.3. The van der Waals surface area contributed by atoms with Gasteiger partial charge in [0.2, 0.25) is 0 Å². The Bertz CT molecular complexity index is 998. The Morgan fingerprint density at radius 1 is 1.07 bits per heavy atom. The number of carbonyl (C=O) groups is 2. The van der Waals surface area contributed by atoms with Gasteiger partial charge in [-0.05, 0) is 44.9 Å². The first kappa shape index (κ1) is 20.7. The number of carbonyl (C=O) groups excluding carboxylic acids is 2. The van der Waals surface area contributed by atoms with Crippen molar-refractivity contribution in [1.29, 1.82) is 0 Å². The maximum absolute atomic E-state index is 13.3. The third kappa shape index (κ3) is 5.09. The molecule has 1 amide bonds. The highest BCUT2D eigenvalue weighted by Gasteiger charge is 2.24. The van der Waals surface area contributed by atoms with E-state index >= 15 is 0 Å². The molecular formula is C23H24N2O3S. The fourth-order valence-electron chi connectivity index (χ4n) is 2.99. The summed E-state index contributed by atoms with van der Waals surface area (Å²) in [5, 5.41) is 0.507. The van der Waals surface area contributed by atoms with Crippen LogP contribution < -0.4 is 4.90 Å². The maximum atomic E-state index is 13.3. The summed E-state index contributed by atoms with van der Waals surface area (Å²) in [6.45, 7) is 6.28. The van der Waals surface area contributed by atoms with Crippen molar-refractivity contribution in [3.8, 4) is 0 Å². The number of hydrogen-bond donors (Lipinski definition) is 0.